The van der Waals surface area contributed by atoms with Gasteiger partial charge in [-0.3, -0.25) is 0 Å². The van der Waals surface area contributed by atoms with E-state index in [0.29, 0.717) is 0 Å². The van der Waals surface area contributed by atoms with Crippen molar-refractivity contribution in [1.82, 2.24) is 0 Å². The van der Waals surface area contributed by atoms with Crippen molar-refractivity contribution in [3.8, 4) is 11.1 Å². The van der Waals surface area contributed by atoms with Crippen molar-refractivity contribution in [2.45, 2.75) is 44.9 Å². The minimum absolute atomic E-state index is 1.23. The van der Waals surface area contributed by atoms with Gasteiger partial charge in [0.25, 0.3) is 0 Å². The molecule has 0 nitrogen and oxygen atoms in total. The number of benzene rings is 2. The Morgan fingerprint density at radius 2 is 0.895 bits per heavy atom. The second kappa shape index (κ2) is 6.06. The first-order chi connectivity index (χ1) is 9.45. The molecule has 0 atom stereocenters. The molecule has 0 saturated heterocycles. The monoisotopic (exact) mass is 250 g/mol. The summed E-state index contributed by atoms with van der Waals surface area (Å²) < 4.78 is 0. The predicted octanol–water partition coefficient (Wildman–Crippen LogP) is 5.40. The molecule has 0 aromatic heterocycles. The van der Waals surface area contributed by atoms with Crippen molar-refractivity contribution in [1.29, 1.82) is 0 Å². The van der Waals surface area contributed by atoms with Crippen molar-refractivity contribution in [3.63, 3.8) is 0 Å². The summed E-state index contributed by atoms with van der Waals surface area (Å²) in [4.78, 5) is 0. The topological polar surface area (TPSA) is 0 Å². The molecule has 98 valence electrons. The molecule has 0 saturated carbocycles. The Labute approximate surface area is 116 Å². The van der Waals surface area contributed by atoms with Gasteiger partial charge in [0, 0.05) is 0 Å². The van der Waals surface area contributed by atoms with E-state index < -0.39 is 0 Å². The lowest BCUT2D eigenvalue weighted by Gasteiger charge is -2.13. The maximum absolute atomic E-state index is 2.31. The number of fused-ring (bicyclic) bond motifs is 3. The lowest BCUT2D eigenvalue weighted by molar-refractivity contribution is 0.616. The minimum Gasteiger partial charge on any atom is -0.0620 e. The lowest BCUT2D eigenvalue weighted by Crippen LogP contribution is -1.93. The van der Waals surface area contributed by atoms with Crippen LogP contribution in [0.2, 0.25) is 0 Å². The molecule has 0 spiro atoms. The van der Waals surface area contributed by atoms with Crippen molar-refractivity contribution in [2.24, 2.45) is 0 Å². The fourth-order valence-electron chi connectivity index (χ4n) is 3.16. The Balaban J connectivity index is 2.07. The average molecular weight is 250 g/mol. The minimum atomic E-state index is 1.23. The van der Waals surface area contributed by atoms with E-state index in [1.54, 1.807) is 0 Å². The standard InChI is InChI=1S/C19H22/c1-2-4-10-16-12-6-8-14-18(16)19-15-9-7-13-17(19)11-5-3-1/h6-9,12-15H,1-5,10-11H2. The van der Waals surface area contributed by atoms with E-state index in [2.05, 4.69) is 48.5 Å². The van der Waals surface area contributed by atoms with Gasteiger partial charge in [0.15, 0.2) is 0 Å². The summed E-state index contributed by atoms with van der Waals surface area (Å²) in [5.41, 5.74) is 5.97. The SMILES string of the molecule is c1ccc2c(c1)CCCCCCCc1ccccc1-2. The molecule has 0 N–H and O–H groups in total. The first-order valence-electron chi connectivity index (χ1n) is 7.61. The van der Waals surface area contributed by atoms with Crippen molar-refractivity contribution in [3.05, 3.63) is 59.7 Å². The van der Waals surface area contributed by atoms with Gasteiger partial charge in [-0.2, -0.15) is 0 Å². The summed E-state index contributed by atoms with van der Waals surface area (Å²) in [5.74, 6) is 0. The van der Waals surface area contributed by atoms with Crippen LogP contribution in [-0.4, -0.2) is 0 Å². The fourth-order valence-corrected chi connectivity index (χ4v) is 3.16. The molecule has 0 fully saturated rings. The summed E-state index contributed by atoms with van der Waals surface area (Å²) >= 11 is 0. The molecule has 0 amide bonds. The van der Waals surface area contributed by atoms with Gasteiger partial charge in [-0.15, -0.1) is 0 Å². The molecule has 0 heteroatoms. The highest BCUT2D eigenvalue weighted by atomic mass is 14.1. The third-order valence-corrected chi connectivity index (χ3v) is 4.22. The van der Waals surface area contributed by atoms with Crippen LogP contribution in [0.3, 0.4) is 0 Å². The highest BCUT2D eigenvalue weighted by Crippen LogP contribution is 2.30. The van der Waals surface area contributed by atoms with E-state index in [4.69, 9.17) is 0 Å². The highest BCUT2D eigenvalue weighted by Gasteiger charge is 2.09. The second-order valence-corrected chi connectivity index (χ2v) is 5.58. The molecule has 19 heavy (non-hydrogen) atoms. The molecule has 0 bridgehead atoms. The van der Waals surface area contributed by atoms with Gasteiger partial charge in [0.05, 0.1) is 0 Å². The lowest BCUT2D eigenvalue weighted by atomic mass is 9.92. The molecule has 2 aromatic carbocycles. The maximum Gasteiger partial charge on any atom is -0.0149 e. The second-order valence-electron chi connectivity index (χ2n) is 5.58. The van der Waals surface area contributed by atoms with E-state index in [1.165, 1.54) is 67.2 Å². The third-order valence-electron chi connectivity index (χ3n) is 4.22. The largest absolute Gasteiger partial charge is 0.0620 e. The van der Waals surface area contributed by atoms with Gasteiger partial charge in [0.2, 0.25) is 0 Å². The highest BCUT2D eigenvalue weighted by molar-refractivity contribution is 5.70. The van der Waals surface area contributed by atoms with Crippen molar-refractivity contribution in [2.75, 3.05) is 0 Å². The van der Waals surface area contributed by atoms with Crippen molar-refractivity contribution >= 4 is 0 Å². The van der Waals surface area contributed by atoms with Crippen LogP contribution in [0.25, 0.3) is 11.1 Å². The van der Waals surface area contributed by atoms with Crippen LogP contribution < -0.4 is 0 Å². The Hall–Kier alpha value is -1.56. The van der Waals surface area contributed by atoms with E-state index in [-0.39, 0.29) is 0 Å². The first kappa shape index (κ1) is 12.5. The molecule has 1 aliphatic carbocycles. The zero-order chi connectivity index (χ0) is 12.9. The molecule has 0 unspecified atom stereocenters. The van der Waals surface area contributed by atoms with Gasteiger partial charge >= 0.3 is 0 Å². The van der Waals surface area contributed by atoms with Crippen LogP contribution in [0.5, 0.6) is 0 Å². The summed E-state index contributed by atoms with van der Waals surface area (Å²) in [7, 11) is 0. The van der Waals surface area contributed by atoms with E-state index in [0.717, 1.165) is 0 Å². The van der Waals surface area contributed by atoms with Crippen LogP contribution in [0.4, 0.5) is 0 Å². The number of rotatable bonds is 0. The van der Waals surface area contributed by atoms with Crippen LogP contribution >= 0.6 is 0 Å². The van der Waals surface area contributed by atoms with Gasteiger partial charge in [-0.25, -0.2) is 0 Å². The van der Waals surface area contributed by atoms with E-state index in [1.807, 2.05) is 0 Å². The maximum atomic E-state index is 2.31. The van der Waals surface area contributed by atoms with Crippen molar-refractivity contribution < 1.29 is 0 Å². The third kappa shape index (κ3) is 2.89. The Morgan fingerprint density at radius 1 is 0.474 bits per heavy atom. The van der Waals surface area contributed by atoms with Gasteiger partial charge < -0.3 is 0 Å². The van der Waals surface area contributed by atoms with E-state index >= 15 is 0 Å². The van der Waals surface area contributed by atoms with Crippen LogP contribution in [0, 0.1) is 0 Å². The smallest absolute Gasteiger partial charge is 0.0149 e. The quantitative estimate of drug-likeness (QED) is 0.587. The van der Waals surface area contributed by atoms with Crippen LogP contribution in [0.1, 0.15) is 43.2 Å². The van der Waals surface area contributed by atoms with Gasteiger partial charge in [0.1, 0.15) is 0 Å². The fraction of sp³-hybridized carbons (Fsp3) is 0.368. The normalized spacial score (nSPS) is 16.0. The molecular formula is C19H22. The molecular weight excluding hydrogens is 228 g/mol. The molecule has 3 rings (SSSR count). The molecule has 0 radical (unpaired) electrons. The van der Waals surface area contributed by atoms with Gasteiger partial charge in [-0.05, 0) is 47.9 Å². The molecule has 0 heterocycles. The average Bonchev–Trinajstić information content (AvgIpc) is 2.50. The number of hydrogen-bond donors (Lipinski definition) is 0. The summed E-state index contributed by atoms with van der Waals surface area (Å²) in [6.07, 6.45) is 9.27. The molecule has 0 aliphatic heterocycles. The molecule has 1 aliphatic rings. The predicted molar refractivity (Wildman–Crippen MR) is 82.4 cm³/mol. The zero-order valence-electron chi connectivity index (χ0n) is 11.6. The Bertz CT molecular complexity index is 490. The Kier molecular flexibility index (Phi) is 3.98. The zero-order valence-corrected chi connectivity index (χ0v) is 11.6. The van der Waals surface area contributed by atoms with E-state index in [9.17, 15) is 0 Å². The van der Waals surface area contributed by atoms with Crippen LogP contribution in [-0.2, 0) is 12.8 Å². The van der Waals surface area contributed by atoms with Crippen LogP contribution in [0.15, 0.2) is 48.5 Å². The number of hydrogen-bond acceptors (Lipinski definition) is 0. The Morgan fingerprint density at radius 3 is 1.42 bits per heavy atom. The summed E-state index contributed by atoms with van der Waals surface area (Å²) in [6.45, 7) is 0. The molecule has 2 aromatic rings. The summed E-state index contributed by atoms with van der Waals surface area (Å²) in [5, 5.41) is 0. The van der Waals surface area contributed by atoms with Gasteiger partial charge in [-0.1, -0.05) is 67.8 Å². The first-order valence-corrected chi connectivity index (χ1v) is 7.61. The number of aryl methyl sites for hydroxylation is 2. The summed E-state index contributed by atoms with van der Waals surface area (Å²) in [6, 6.07) is 17.9.